The van der Waals surface area contributed by atoms with E-state index >= 15 is 0 Å². The van der Waals surface area contributed by atoms with E-state index in [0.717, 1.165) is 62.9 Å². The van der Waals surface area contributed by atoms with Crippen molar-refractivity contribution in [3.8, 4) is 0 Å². The normalized spacial score (nSPS) is 24.1. The Labute approximate surface area is 142 Å². The number of aliphatic hydroxyl groups is 1. The smallest absolute Gasteiger partial charge is 0.0728 e. The Morgan fingerprint density at radius 2 is 1.73 bits per heavy atom. The molecule has 2 aliphatic rings. The van der Waals surface area contributed by atoms with Crippen LogP contribution in [0.2, 0.25) is 0 Å². The van der Waals surface area contributed by atoms with Crippen LogP contribution >= 0.6 is 15.9 Å². The van der Waals surface area contributed by atoms with Crippen LogP contribution in [0.4, 0.5) is 0 Å². The summed E-state index contributed by atoms with van der Waals surface area (Å²) >= 11 is 3.52. The van der Waals surface area contributed by atoms with Crippen molar-refractivity contribution in [1.82, 2.24) is 10.2 Å². The molecule has 0 radical (unpaired) electrons. The fourth-order valence-corrected chi connectivity index (χ4v) is 4.21. The van der Waals surface area contributed by atoms with Crippen LogP contribution in [0.25, 0.3) is 0 Å². The summed E-state index contributed by atoms with van der Waals surface area (Å²) in [6.07, 6.45) is 5.47. The highest BCUT2D eigenvalue weighted by molar-refractivity contribution is 9.10. The fraction of sp³-hybridized carbons (Fsp3) is 0.667. The first kappa shape index (κ1) is 16.4. The molecule has 1 atom stereocenters. The zero-order valence-electron chi connectivity index (χ0n) is 13.2. The predicted molar refractivity (Wildman–Crippen MR) is 94.2 cm³/mol. The predicted octanol–water partition coefficient (Wildman–Crippen LogP) is 3.13. The lowest BCUT2D eigenvalue weighted by Crippen LogP contribution is -2.49. The Morgan fingerprint density at radius 3 is 2.36 bits per heavy atom. The Bertz CT molecular complexity index is 464. The minimum absolute atomic E-state index is 0.221. The number of nitrogens with one attached hydrogen (secondary N) is 1. The van der Waals surface area contributed by atoms with Crippen LogP contribution in [0.3, 0.4) is 0 Å². The van der Waals surface area contributed by atoms with Crippen molar-refractivity contribution in [2.75, 3.05) is 32.7 Å². The second-order valence-electron chi connectivity index (χ2n) is 6.82. The lowest BCUT2D eigenvalue weighted by Gasteiger charge is -2.42. The van der Waals surface area contributed by atoms with Gasteiger partial charge in [0.1, 0.15) is 0 Å². The topological polar surface area (TPSA) is 35.5 Å². The van der Waals surface area contributed by atoms with Gasteiger partial charge in [0.15, 0.2) is 0 Å². The van der Waals surface area contributed by atoms with Gasteiger partial charge in [-0.1, -0.05) is 47.3 Å². The van der Waals surface area contributed by atoms with Crippen molar-refractivity contribution >= 4 is 15.9 Å². The number of halogens is 1. The van der Waals surface area contributed by atoms with Gasteiger partial charge >= 0.3 is 0 Å². The molecule has 0 amide bonds. The van der Waals surface area contributed by atoms with Crippen molar-refractivity contribution in [3.05, 3.63) is 34.3 Å². The molecule has 4 heteroatoms. The van der Waals surface area contributed by atoms with Crippen molar-refractivity contribution in [2.45, 2.75) is 43.6 Å². The molecule has 3 rings (SSSR count). The van der Waals surface area contributed by atoms with Gasteiger partial charge < -0.3 is 15.3 Å². The van der Waals surface area contributed by atoms with E-state index in [0.29, 0.717) is 0 Å². The Balaban J connectivity index is 1.81. The lowest BCUT2D eigenvalue weighted by molar-refractivity contribution is -0.0316. The number of piperazine rings is 1. The Kier molecular flexibility index (Phi) is 5.55. The van der Waals surface area contributed by atoms with Gasteiger partial charge in [-0.2, -0.15) is 0 Å². The maximum Gasteiger partial charge on any atom is 0.0728 e. The van der Waals surface area contributed by atoms with Crippen LogP contribution in [0.1, 0.15) is 43.6 Å². The van der Waals surface area contributed by atoms with Gasteiger partial charge in [-0.3, -0.25) is 0 Å². The summed E-state index contributed by atoms with van der Waals surface area (Å²) in [5.41, 5.74) is 0.753. The maximum absolute atomic E-state index is 11.3. The highest BCUT2D eigenvalue weighted by atomic mass is 79.9. The molecule has 1 unspecified atom stereocenters. The minimum Gasteiger partial charge on any atom is -0.389 e. The molecular weight excluding hydrogens is 340 g/mol. The highest BCUT2D eigenvalue weighted by Crippen LogP contribution is 2.40. The van der Waals surface area contributed by atoms with Crippen molar-refractivity contribution < 1.29 is 5.11 Å². The molecule has 1 heterocycles. The second kappa shape index (κ2) is 7.43. The average molecular weight is 367 g/mol. The van der Waals surface area contributed by atoms with Crippen LogP contribution < -0.4 is 5.32 Å². The van der Waals surface area contributed by atoms with Gasteiger partial charge in [-0.05, 0) is 30.5 Å². The quantitative estimate of drug-likeness (QED) is 0.858. The van der Waals surface area contributed by atoms with Gasteiger partial charge in [0, 0.05) is 43.1 Å². The minimum atomic E-state index is -0.531. The zero-order chi connectivity index (χ0) is 15.4. The van der Waals surface area contributed by atoms with Gasteiger partial charge in [0.05, 0.1) is 5.60 Å². The molecule has 2 N–H and O–H groups in total. The summed E-state index contributed by atoms with van der Waals surface area (Å²) in [6, 6.07) is 8.58. The summed E-state index contributed by atoms with van der Waals surface area (Å²) < 4.78 is 1.10. The molecule has 1 aromatic carbocycles. The first-order valence-electron chi connectivity index (χ1n) is 8.58. The van der Waals surface area contributed by atoms with E-state index in [2.05, 4.69) is 50.4 Å². The molecule has 3 nitrogen and oxygen atoms in total. The van der Waals surface area contributed by atoms with Gasteiger partial charge in [-0.25, -0.2) is 0 Å². The molecule has 1 aliphatic heterocycles. The highest BCUT2D eigenvalue weighted by Gasteiger charge is 2.39. The molecule has 0 aromatic heterocycles. The van der Waals surface area contributed by atoms with Crippen LogP contribution in [-0.4, -0.2) is 48.3 Å². The monoisotopic (exact) mass is 366 g/mol. The van der Waals surface area contributed by atoms with Crippen molar-refractivity contribution in [3.63, 3.8) is 0 Å². The molecule has 1 saturated carbocycles. The molecule has 0 bridgehead atoms. The van der Waals surface area contributed by atoms with Crippen molar-refractivity contribution in [1.29, 1.82) is 0 Å². The third-order valence-corrected chi connectivity index (χ3v) is 5.82. The molecular formula is C18H27BrN2O. The van der Waals surface area contributed by atoms with Gasteiger partial charge in [-0.15, -0.1) is 0 Å². The van der Waals surface area contributed by atoms with Gasteiger partial charge in [0.25, 0.3) is 0 Å². The summed E-state index contributed by atoms with van der Waals surface area (Å²) in [5, 5.41) is 14.7. The number of rotatable bonds is 4. The van der Waals surface area contributed by atoms with Crippen LogP contribution in [0.5, 0.6) is 0 Å². The van der Waals surface area contributed by atoms with E-state index in [9.17, 15) is 5.11 Å². The van der Waals surface area contributed by atoms with Crippen molar-refractivity contribution in [2.24, 2.45) is 0 Å². The molecule has 22 heavy (non-hydrogen) atoms. The standard InChI is InChI=1S/C18H27BrN2O/c19-16-6-4-15(5-7-16)17(14-21-12-10-20-11-13-21)18(22)8-2-1-3-9-18/h4-7,17,20,22H,1-3,8-14H2. The molecule has 1 saturated heterocycles. The van der Waals surface area contributed by atoms with E-state index in [1.165, 1.54) is 12.0 Å². The number of hydrogen-bond donors (Lipinski definition) is 2. The zero-order valence-corrected chi connectivity index (χ0v) is 14.8. The number of benzene rings is 1. The largest absolute Gasteiger partial charge is 0.389 e. The SMILES string of the molecule is OC1(C(CN2CCNCC2)c2ccc(Br)cc2)CCCCC1. The summed E-state index contributed by atoms with van der Waals surface area (Å²) in [6.45, 7) is 5.27. The van der Waals surface area contributed by atoms with Gasteiger partial charge in [0.2, 0.25) is 0 Å². The van der Waals surface area contributed by atoms with Crippen LogP contribution in [0, 0.1) is 0 Å². The third kappa shape index (κ3) is 3.91. The Morgan fingerprint density at radius 1 is 1.09 bits per heavy atom. The average Bonchev–Trinajstić information content (AvgIpc) is 2.55. The molecule has 1 aromatic rings. The Hall–Kier alpha value is -0.420. The second-order valence-corrected chi connectivity index (χ2v) is 7.73. The van der Waals surface area contributed by atoms with Crippen LogP contribution in [0.15, 0.2) is 28.7 Å². The summed E-state index contributed by atoms with van der Waals surface area (Å²) in [5.74, 6) is 0.221. The molecule has 1 aliphatic carbocycles. The first-order valence-corrected chi connectivity index (χ1v) is 9.38. The van der Waals surface area contributed by atoms with Crippen LogP contribution in [-0.2, 0) is 0 Å². The van der Waals surface area contributed by atoms with E-state index in [4.69, 9.17) is 0 Å². The third-order valence-electron chi connectivity index (χ3n) is 5.29. The molecule has 122 valence electrons. The summed E-state index contributed by atoms with van der Waals surface area (Å²) in [7, 11) is 0. The van der Waals surface area contributed by atoms with E-state index in [1.807, 2.05) is 0 Å². The van der Waals surface area contributed by atoms with E-state index in [-0.39, 0.29) is 5.92 Å². The number of nitrogens with zero attached hydrogens (tertiary/aromatic N) is 1. The van der Waals surface area contributed by atoms with E-state index in [1.54, 1.807) is 0 Å². The molecule has 0 spiro atoms. The first-order chi connectivity index (χ1) is 10.7. The lowest BCUT2D eigenvalue weighted by atomic mass is 9.72. The fourth-order valence-electron chi connectivity index (χ4n) is 3.95. The number of hydrogen-bond acceptors (Lipinski definition) is 3. The molecule has 2 fully saturated rings. The maximum atomic E-state index is 11.3. The summed E-state index contributed by atoms with van der Waals surface area (Å²) in [4.78, 5) is 2.51. The van der Waals surface area contributed by atoms with E-state index < -0.39 is 5.60 Å².